The van der Waals surface area contributed by atoms with E-state index in [2.05, 4.69) is 131 Å². The fraction of sp³-hybridized carbons (Fsp3) is 0.767. The minimum atomic E-state index is -0.679. The summed E-state index contributed by atoms with van der Waals surface area (Å²) in [7, 11) is 0. The highest BCUT2D eigenvalue weighted by molar-refractivity contribution is 14.1. The lowest BCUT2D eigenvalue weighted by atomic mass is 9.57. The Bertz CT molecular complexity index is 3740. The quantitative estimate of drug-likeness (QED) is 0.166. The first kappa shape index (κ1) is 87.0. The molecule has 16 rings (SSSR count). The monoisotopic (exact) mass is 1650 g/mol. The van der Waals surface area contributed by atoms with Crippen molar-refractivity contribution in [3.63, 3.8) is 0 Å². The molecule has 6 unspecified atom stereocenters. The first-order valence-corrected chi connectivity index (χ1v) is 43.1. The number of carbonyl (C=O) groups is 8. The van der Waals surface area contributed by atoms with Gasteiger partial charge in [-0.1, -0.05) is 121 Å². The SMILES string of the molecule is CC1C2CCNC(=O)C2(C)CCC12OCCO2.CCI.CCN1CCC2C(C)C3(CCC2(C)C1=O)OCCO3.CCN1CC[C@@H]2[C@@H](C)c3oncc3C[C@@]2(C)C1=O.CCN1CC[C@H]2[C@H](C)c3oncc3C[C@]2(C)C1=O.[C-]#[N+]C1=C[C@@]2(C)C(=O)N(CC)CC[C@@H]2[C@@H](C)C1=O.[C-]#[N+]C1=C[C@]2(C)C(=O)N(CC)CC[C@H]2[C@H](C)C1=O. The fourth-order valence-electron chi connectivity index (χ4n) is 22.8. The van der Waals surface area contributed by atoms with Crippen molar-refractivity contribution in [2.45, 2.75) is 225 Å². The van der Waals surface area contributed by atoms with Gasteiger partial charge in [0.25, 0.3) is 0 Å². The number of hydrogen-bond acceptors (Lipinski definition) is 16. The maximum atomic E-state index is 12.7. The second-order valence-electron chi connectivity index (χ2n) is 35.1. The summed E-state index contributed by atoms with van der Waals surface area (Å²) in [6.45, 7) is 62.5. The number of amides is 6. The summed E-state index contributed by atoms with van der Waals surface area (Å²) in [5.41, 5.74) is 0.161. The largest absolute Gasteiger partial charge is 0.361 e. The van der Waals surface area contributed by atoms with E-state index in [1.807, 2.05) is 66.0 Å². The molecule has 6 amide bonds. The summed E-state index contributed by atoms with van der Waals surface area (Å²) in [5.74, 6) is 4.58. The van der Waals surface area contributed by atoms with Crippen LogP contribution in [0.4, 0.5) is 0 Å². The van der Waals surface area contributed by atoms with E-state index in [1.165, 1.54) is 4.43 Å². The van der Waals surface area contributed by atoms with Crippen LogP contribution >= 0.6 is 22.6 Å². The van der Waals surface area contributed by atoms with Gasteiger partial charge in [-0.2, -0.15) is 0 Å². The number of rotatable bonds is 5. The van der Waals surface area contributed by atoms with Gasteiger partial charge in [0.2, 0.25) is 46.8 Å². The molecule has 18 atom stereocenters. The average Bonchev–Trinajstić information content (AvgIpc) is 1.70. The molecule has 10 fully saturated rings. The molecule has 0 radical (unpaired) electrons. The van der Waals surface area contributed by atoms with Gasteiger partial charge in [0.1, 0.15) is 11.5 Å². The average molecular weight is 1650 g/mol. The van der Waals surface area contributed by atoms with E-state index in [-0.39, 0.29) is 86.0 Å². The molecule has 0 aromatic carbocycles. The van der Waals surface area contributed by atoms with Gasteiger partial charge in [-0.3, -0.25) is 28.8 Å². The Morgan fingerprint density at radius 2 is 0.757 bits per heavy atom. The topological polar surface area (TPSA) is 262 Å². The number of piperidine rings is 6. The Kier molecular flexibility index (Phi) is 27.1. The van der Waals surface area contributed by atoms with Gasteiger partial charge in [-0.25, -0.2) is 9.69 Å². The minimum absolute atomic E-state index is 0.0331. The highest BCUT2D eigenvalue weighted by Gasteiger charge is 2.62. The summed E-state index contributed by atoms with van der Waals surface area (Å²) in [4.78, 5) is 115. The lowest BCUT2D eigenvalue weighted by molar-refractivity contribution is -0.246. The lowest BCUT2D eigenvalue weighted by Crippen LogP contribution is -2.60. The molecular formula is C86H127IN10O14. The molecule has 8 saturated heterocycles. The molecule has 14 aliphatic rings. The summed E-state index contributed by atoms with van der Waals surface area (Å²) < 4.78 is 35.6. The van der Waals surface area contributed by atoms with E-state index >= 15 is 0 Å². The number of aromatic nitrogens is 2. The molecular weight excluding hydrogens is 1520 g/mol. The smallest absolute Gasteiger partial charge is 0.231 e. The number of allylic oxidation sites excluding steroid dienone is 2. The highest BCUT2D eigenvalue weighted by Crippen LogP contribution is 2.58. The van der Waals surface area contributed by atoms with Gasteiger partial charge < -0.3 is 67.4 Å². The van der Waals surface area contributed by atoms with Crippen LogP contribution in [0.3, 0.4) is 0 Å². The zero-order chi connectivity index (χ0) is 81.3. The number of nitrogens with one attached hydrogen (secondary N) is 1. The molecule has 1 N–H and O–H groups in total. The molecule has 111 heavy (non-hydrogen) atoms. The maximum absolute atomic E-state index is 12.7. The first-order valence-electron chi connectivity index (χ1n) is 41.6. The van der Waals surface area contributed by atoms with Crippen LogP contribution < -0.4 is 5.32 Å². The number of hydrogen-bond donors (Lipinski definition) is 1. The number of likely N-dealkylation sites (tertiary alicyclic amines) is 5. The lowest BCUT2D eigenvalue weighted by Gasteiger charge is -2.55. The number of Topliss-reactive ketones (excluding diaryl/α,β-unsaturated/α-hetero) is 2. The second-order valence-corrected chi connectivity index (χ2v) is 36.6. The third-order valence-electron chi connectivity index (χ3n) is 29.6. The molecule has 24 nitrogen and oxygen atoms in total. The van der Waals surface area contributed by atoms with Gasteiger partial charge in [0.15, 0.2) is 23.1 Å². The van der Waals surface area contributed by atoms with E-state index in [9.17, 15) is 38.4 Å². The van der Waals surface area contributed by atoms with E-state index in [1.54, 1.807) is 24.5 Å². The van der Waals surface area contributed by atoms with Crippen molar-refractivity contribution in [1.29, 1.82) is 0 Å². The Morgan fingerprint density at radius 1 is 0.441 bits per heavy atom. The highest BCUT2D eigenvalue weighted by atomic mass is 127. The van der Waals surface area contributed by atoms with Crippen LogP contribution in [-0.4, -0.2) is 196 Å². The van der Waals surface area contributed by atoms with Crippen LogP contribution in [0.2, 0.25) is 0 Å². The van der Waals surface area contributed by atoms with Crippen molar-refractivity contribution in [3.8, 4) is 0 Å². The van der Waals surface area contributed by atoms with Crippen LogP contribution in [0.5, 0.6) is 0 Å². The second kappa shape index (κ2) is 34.6. The predicted molar refractivity (Wildman–Crippen MR) is 427 cm³/mol. The van der Waals surface area contributed by atoms with Gasteiger partial charge in [-0.15, -0.1) is 0 Å². The van der Waals surface area contributed by atoms with Gasteiger partial charge in [0.05, 0.1) is 79.0 Å². The number of fused-ring (bicyclic) bond motifs is 8. The first-order chi connectivity index (χ1) is 52.6. The normalized spacial score (nSPS) is 37.2. The summed E-state index contributed by atoms with van der Waals surface area (Å²) >= 11 is 2.29. The van der Waals surface area contributed by atoms with Crippen LogP contribution in [-0.2, 0) is 70.1 Å². The maximum Gasteiger partial charge on any atom is 0.231 e. The molecule has 2 aromatic rings. The Hall–Kier alpha value is -6.39. The van der Waals surface area contributed by atoms with Gasteiger partial charge in [0, 0.05) is 137 Å². The molecule has 25 heteroatoms. The third kappa shape index (κ3) is 15.5. The van der Waals surface area contributed by atoms with Crippen LogP contribution in [0, 0.1) is 105 Å². The van der Waals surface area contributed by atoms with Crippen molar-refractivity contribution in [1.82, 2.24) is 40.1 Å². The van der Waals surface area contributed by atoms with Crippen molar-refractivity contribution < 1.29 is 66.3 Å². The number of ketones is 2. The van der Waals surface area contributed by atoms with Crippen LogP contribution in [0.25, 0.3) is 9.69 Å². The number of nitrogens with zero attached hydrogens (tertiary/aromatic N) is 9. The Labute approximate surface area is 673 Å². The number of carbonyl (C=O) groups excluding carboxylic acids is 8. The zero-order valence-electron chi connectivity index (χ0n) is 69.7. The molecule has 8 aliphatic heterocycles. The summed E-state index contributed by atoms with van der Waals surface area (Å²) in [6, 6.07) is 0. The van der Waals surface area contributed by atoms with Crippen molar-refractivity contribution in [3.05, 3.63) is 81.4 Å². The van der Waals surface area contributed by atoms with Crippen molar-refractivity contribution in [2.24, 2.45) is 91.7 Å². The number of alkyl halides is 1. The Morgan fingerprint density at radius 3 is 1.11 bits per heavy atom. The predicted octanol–water partition coefficient (Wildman–Crippen LogP) is 13.0. The molecule has 2 saturated carbocycles. The van der Waals surface area contributed by atoms with E-state index in [0.717, 1.165) is 146 Å². The number of ether oxygens (including phenoxy) is 4. The van der Waals surface area contributed by atoms with E-state index in [4.69, 9.17) is 41.1 Å². The van der Waals surface area contributed by atoms with Crippen LogP contribution in [0.15, 0.2) is 45.0 Å². The minimum Gasteiger partial charge on any atom is -0.361 e. The van der Waals surface area contributed by atoms with E-state index < -0.39 is 22.4 Å². The molecule has 6 aliphatic carbocycles. The van der Waals surface area contributed by atoms with Gasteiger partial charge >= 0.3 is 0 Å². The standard InChI is InChI=1S/C15H25NO3.2C14H20N2O2.2C14H18N2O2.C13H21NO3.C2H5I/c1-4-16-8-5-12-11(2)15(18-9-10-19-15)7-6-14(12,3)13(16)17;2*1-4-16-6-5-11-9(2)12-10(8-15-18-12)7-14(11,3)13(16)17;2*1-5-16-7-6-10-9(2)12(17)11(15-4)8-14(10,3)13(16)18;1-9-10-3-6-14-11(15)12(10,2)4-5-13(9)16-7-8-17-13;1-2-3/h11-12H,4-10H2,1-3H3;2*8-9,11H,4-7H2,1-3H3;2*8-10H,5-7H2,1-3H3;9-10H,3-8H2,1-2H3,(H,14,15);2H2,1H3/t;2*9-,11-,14-;2*9-,10-,14-;;/m.1010../s1. The third-order valence-corrected chi connectivity index (χ3v) is 29.6. The molecule has 2 aromatic heterocycles. The Balaban J connectivity index is 0.000000140. The van der Waals surface area contributed by atoms with E-state index in [0.29, 0.717) is 118 Å². The summed E-state index contributed by atoms with van der Waals surface area (Å²) in [5, 5.41) is 10.8. The molecule has 10 heterocycles. The zero-order valence-corrected chi connectivity index (χ0v) is 71.8. The van der Waals surface area contributed by atoms with Gasteiger partial charge in [-0.05, 0) is 153 Å². The fourth-order valence-corrected chi connectivity index (χ4v) is 22.8. The summed E-state index contributed by atoms with van der Waals surface area (Å²) in [6.07, 6.45) is 17.7. The molecule has 2 spiro atoms. The molecule has 612 valence electrons. The number of halogens is 1. The van der Waals surface area contributed by atoms with Crippen LogP contribution in [0.1, 0.15) is 223 Å². The van der Waals surface area contributed by atoms with Crippen molar-refractivity contribution >= 4 is 69.6 Å². The van der Waals surface area contributed by atoms with Crippen molar-refractivity contribution in [2.75, 3.05) is 103 Å². The molecule has 0 bridgehead atoms.